The summed E-state index contributed by atoms with van der Waals surface area (Å²) in [6.45, 7) is 6.48. The van der Waals surface area contributed by atoms with Crippen molar-refractivity contribution >= 4 is 34.1 Å². The number of nitrogens with one attached hydrogen (secondary N) is 1. The number of amides is 1. The Balaban J connectivity index is 1.56. The zero-order chi connectivity index (χ0) is 20.1. The fourth-order valence-corrected chi connectivity index (χ4v) is 4.16. The summed E-state index contributed by atoms with van der Waals surface area (Å²) in [5.74, 6) is 1.88. The van der Waals surface area contributed by atoms with Crippen LogP contribution in [0, 0.1) is 16.7 Å². The van der Waals surface area contributed by atoms with Gasteiger partial charge in [-0.2, -0.15) is 5.26 Å². The lowest BCUT2D eigenvalue weighted by Gasteiger charge is -2.15. The molecular formula is C20H20N4O2S2. The Labute approximate surface area is 172 Å². The van der Waals surface area contributed by atoms with Crippen LogP contribution in [0.25, 0.3) is 0 Å². The van der Waals surface area contributed by atoms with E-state index >= 15 is 0 Å². The van der Waals surface area contributed by atoms with Crippen LogP contribution < -0.4 is 5.32 Å². The lowest BCUT2D eigenvalue weighted by Crippen LogP contribution is -2.11. The van der Waals surface area contributed by atoms with Crippen molar-refractivity contribution in [2.45, 2.75) is 37.2 Å². The van der Waals surface area contributed by atoms with Gasteiger partial charge in [0.15, 0.2) is 5.13 Å². The van der Waals surface area contributed by atoms with Gasteiger partial charge in [-0.25, -0.2) is 9.97 Å². The third-order valence-electron chi connectivity index (χ3n) is 3.60. The molecule has 1 N–H and O–H groups in total. The molecule has 0 saturated carbocycles. The summed E-state index contributed by atoms with van der Waals surface area (Å²) in [6.07, 6.45) is 4.35. The van der Waals surface area contributed by atoms with Crippen LogP contribution in [0.4, 0.5) is 5.13 Å². The molecule has 0 unspecified atom stereocenters. The third kappa shape index (κ3) is 5.68. The number of oxazole rings is 1. The highest BCUT2D eigenvalue weighted by Gasteiger charge is 2.15. The Morgan fingerprint density at radius 2 is 2.14 bits per heavy atom. The van der Waals surface area contributed by atoms with Crippen LogP contribution in [-0.4, -0.2) is 15.9 Å². The van der Waals surface area contributed by atoms with Gasteiger partial charge in [-0.3, -0.25) is 10.1 Å². The Kier molecular flexibility index (Phi) is 6.17. The summed E-state index contributed by atoms with van der Waals surface area (Å²) in [6, 6.07) is 8.58. The van der Waals surface area contributed by atoms with E-state index in [1.54, 1.807) is 48.4 Å². The number of nitrogens with zero attached hydrogens (tertiary/aromatic N) is 3. The van der Waals surface area contributed by atoms with Gasteiger partial charge in [0.05, 0.1) is 34.0 Å². The molecular weight excluding hydrogens is 392 g/mol. The van der Waals surface area contributed by atoms with Crippen LogP contribution in [0.15, 0.2) is 45.3 Å². The quantitative estimate of drug-likeness (QED) is 0.564. The van der Waals surface area contributed by atoms with Gasteiger partial charge in [-0.1, -0.05) is 38.2 Å². The van der Waals surface area contributed by atoms with Crippen molar-refractivity contribution in [2.75, 3.05) is 5.32 Å². The molecule has 1 amide bonds. The first-order chi connectivity index (χ1) is 13.3. The Hall–Kier alpha value is -2.63. The molecule has 2 heterocycles. The molecule has 3 aromatic rings. The van der Waals surface area contributed by atoms with Gasteiger partial charge >= 0.3 is 0 Å². The number of rotatable bonds is 6. The molecule has 0 atom stereocenters. The van der Waals surface area contributed by atoms with Gasteiger partial charge in [0, 0.05) is 12.0 Å². The number of hydrogen-bond donors (Lipinski definition) is 1. The topological polar surface area (TPSA) is 91.8 Å². The first-order valence-corrected chi connectivity index (χ1v) is 10.5. The molecule has 28 heavy (non-hydrogen) atoms. The first kappa shape index (κ1) is 20.1. The maximum atomic E-state index is 12.3. The molecule has 0 radical (unpaired) electrons. The van der Waals surface area contributed by atoms with Crippen molar-refractivity contribution in [2.24, 2.45) is 5.41 Å². The number of hydrogen-bond acceptors (Lipinski definition) is 7. The van der Waals surface area contributed by atoms with Crippen LogP contribution in [0.2, 0.25) is 0 Å². The Morgan fingerprint density at radius 1 is 1.32 bits per heavy atom. The summed E-state index contributed by atoms with van der Waals surface area (Å²) >= 11 is 2.95. The minimum absolute atomic E-state index is 0.154. The Bertz CT molecular complexity index is 1010. The molecule has 0 aliphatic rings. The van der Waals surface area contributed by atoms with E-state index in [9.17, 15) is 4.79 Å². The van der Waals surface area contributed by atoms with Crippen molar-refractivity contribution in [3.8, 4) is 6.07 Å². The van der Waals surface area contributed by atoms with Crippen molar-refractivity contribution in [1.82, 2.24) is 9.97 Å². The maximum Gasteiger partial charge on any atom is 0.257 e. The summed E-state index contributed by atoms with van der Waals surface area (Å²) in [7, 11) is 0. The van der Waals surface area contributed by atoms with Gasteiger partial charge in [0.25, 0.3) is 5.91 Å². The second kappa shape index (κ2) is 8.59. The predicted octanol–water partition coefficient (Wildman–Crippen LogP) is 5.14. The molecule has 0 spiro atoms. The van der Waals surface area contributed by atoms with Crippen LogP contribution in [0.3, 0.4) is 0 Å². The largest absolute Gasteiger partial charge is 0.445 e. The molecule has 144 valence electrons. The van der Waals surface area contributed by atoms with Crippen LogP contribution in [-0.2, 0) is 12.2 Å². The van der Waals surface area contributed by atoms with E-state index in [-0.39, 0.29) is 11.3 Å². The van der Waals surface area contributed by atoms with Gasteiger partial charge in [0.1, 0.15) is 5.76 Å². The minimum Gasteiger partial charge on any atom is -0.445 e. The minimum atomic E-state index is -0.289. The maximum absolute atomic E-state index is 12.3. The van der Waals surface area contributed by atoms with E-state index in [0.717, 1.165) is 16.4 Å². The molecule has 2 aromatic heterocycles. The van der Waals surface area contributed by atoms with Gasteiger partial charge < -0.3 is 4.42 Å². The lowest BCUT2D eigenvalue weighted by molar-refractivity contribution is 0.102. The fraction of sp³-hybridized carbons (Fsp3) is 0.300. The smallest absolute Gasteiger partial charge is 0.257 e. The second-order valence-electron chi connectivity index (χ2n) is 7.38. The number of benzene rings is 1. The van der Waals surface area contributed by atoms with Gasteiger partial charge in [-0.15, -0.1) is 11.8 Å². The van der Waals surface area contributed by atoms with Crippen LogP contribution in [0.5, 0.6) is 0 Å². The van der Waals surface area contributed by atoms with Gasteiger partial charge in [-0.05, 0) is 23.6 Å². The lowest BCUT2D eigenvalue weighted by atomic mass is 9.91. The highest BCUT2D eigenvalue weighted by Crippen LogP contribution is 2.31. The molecule has 0 aliphatic heterocycles. The highest BCUT2D eigenvalue weighted by molar-refractivity contribution is 8.00. The summed E-state index contributed by atoms with van der Waals surface area (Å²) in [4.78, 5) is 20.9. The SMILES string of the molecule is CC(C)(C)Cc1cnc(CSc2cnc(NC(=O)c3cccc(C#N)c3)s2)o1. The molecule has 0 bridgehead atoms. The number of thioether (sulfide) groups is 1. The molecule has 0 fully saturated rings. The predicted molar refractivity (Wildman–Crippen MR) is 110 cm³/mol. The first-order valence-electron chi connectivity index (χ1n) is 8.66. The zero-order valence-corrected chi connectivity index (χ0v) is 17.5. The number of carbonyl (C=O) groups excluding carboxylic acids is 1. The normalized spacial score (nSPS) is 11.2. The molecule has 8 heteroatoms. The third-order valence-corrected chi connectivity index (χ3v) is 5.69. The monoisotopic (exact) mass is 412 g/mol. The van der Waals surface area contributed by atoms with Crippen LogP contribution >= 0.6 is 23.1 Å². The fourth-order valence-electron chi connectivity index (χ4n) is 2.44. The summed E-state index contributed by atoms with van der Waals surface area (Å²) in [5.41, 5.74) is 1.02. The number of nitriles is 1. The average Bonchev–Trinajstić information content (AvgIpc) is 3.28. The van der Waals surface area contributed by atoms with E-state index in [1.165, 1.54) is 11.3 Å². The van der Waals surface area contributed by atoms with E-state index in [2.05, 4.69) is 36.1 Å². The van der Waals surface area contributed by atoms with Crippen molar-refractivity contribution in [3.05, 3.63) is 59.4 Å². The van der Waals surface area contributed by atoms with Crippen molar-refractivity contribution in [3.63, 3.8) is 0 Å². The number of aromatic nitrogens is 2. The second-order valence-corrected chi connectivity index (χ2v) is 9.68. The van der Waals surface area contributed by atoms with E-state index in [4.69, 9.17) is 9.68 Å². The number of anilines is 1. The van der Waals surface area contributed by atoms with E-state index in [1.807, 2.05) is 6.07 Å². The summed E-state index contributed by atoms with van der Waals surface area (Å²) < 4.78 is 6.74. The molecule has 0 aliphatic carbocycles. The molecule has 3 rings (SSSR count). The Morgan fingerprint density at radius 3 is 2.89 bits per heavy atom. The highest BCUT2D eigenvalue weighted by atomic mass is 32.2. The molecule has 1 aromatic carbocycles. The molecule has 0 saturated heterocycles. The van der Waals surface area contributed by atoms with Gasteiger partial charge in [0.2, 0.25) is 5.89 Å². The van der Waals surface area contributed by atoms with Crippen LogP contribution in [0.1, 0.15) is 48.3 Å². The van der Waals surface area contributed by atoms with Crippen molar-refractivity contribution in [1.29, 1.82) is 5.26 Å². The number of thiazole rings is 1. The van der Waals surface area contributed by atoms with E-state index in [0.29, 0.717) is 27.9 Å². The molecule has 6 nitrogen and oxygen atoms in total. The summed E-state index contributed by atoms with van der Waals surface area (Å²) in [5, 5.41) is 12.2. The van der Waals surface area contributed by atoms with E-state index < -0.39 is 0 Å². The number of carbonyl (C=O) groups is 1. The van der Waals surface area contributed by atoms with Crippen molar-refractivity contribution < 1.29 is 9.21 Å². The average molecular weight is 413 g/mol. The standard InChI is InChI=1S/C20H20N4O2S2/c1-20(2,3)8-15-10-22-16(26-15)12-27-17-11-23-19(28-17)24-18(25)14-6-4-5-13(7-14)9-21/h4-7,10-11H,8,12H2,1-3H3,(H,23,24,25). The zero-order valence-electron chi connectivity index (χ0n) is 15.9.